The molecule has 3 rings (SSSR count). The lowest BCUT2D eigenvalue weighted by Crippen LogP contribution is -2.53. The van der Waals surface area contributed by atoms with E-state index in [1.807, 2.05) is 32.9 Å². The van der Waals surface area contributed by atoms with Gasteiger partial charge in [0.2, 0.25) is 5.91 Å². The van der Waals surface area contributed by atoms with Gasteiger partial charge in [0.15, 0.2) is 0 Å². The van der Waals surface area contributed by atoms with Gasteiger partial charge in [0.25, 0.3) is 5.91 Å². The molecule has 0 radical (unpaired) electrons. The first-order chi connectivity index (χ1) is 15.9. The molecule has 1 atom stereocenters. The van der Waals surface area contributed by atoms with Gasteiger partial charge in [-0.1, -0.05) is 37.6 Å². The molecule has 1 heterocycles. The van der Waals surface area contributed by atoms with Crippen LogP contribution in [0.25, 0.3) is 0 Å². The van der Waals surface area contributed by atoms with Crippen molar-refractivity contribution in [2.75, 3.05) is 19.7 Å². The van der Waals surface area contributed by atoms with Crippen LogP contribution in [-0.2, 0) is 11.3 Å². The molecule has 2 N–H and O–H groups in total. The quantitative estimate of drug-likeness (QED) is 0.572. The summed E-state index contributed by atoms with van der Waals surface area (Å²) >= 11 is 5.97. The molecule has 2 aromatic carbocycles. The number of hydrogen-bond donors (Lipinski definition) is 2. The third-order valence-electron chi connectivity index (χ3n) is 5.92. The fourth-order valence-electron chi connectivity index (χ4n) is 4.00. The molecule has 7 heteroatoms. The maximum atomic E-state index is 13.0. The van der Waals surface area contributed by atoms with E-state index in [0.717, 1.165) is 43.2 Å². The zero-order valence-corrected chi connectivity index (χ0v) is 20.4. The van der Waals surface area contributed by atoms with E-state index in [4.69, 9.17) is 16.3 Å². The van der Waals surface area contributed by atoms with Gasteiger partial charge in [0.1, 0.15) is 11.8 Å². The Morgan fingerprint density at radius 2 is 1.70 bits per heavy atom. The Balaban J connectivity index is 1.49. The summed E-state index contributed by atoms with van der Waals surface area (Å²) < 4.78 is 5.42. The van der Waals surface area contributed by atoms with Crippen molar-refractivity contribution in [2.24, 2.45) is 5.92 Å². The van der Waals surface area contributed by atoms with Crippen LogP contribution in [0.1, 0.15) is 49.5 Å². The standard InChI is InChI=1S/C26H34ClN3O3/c1-4-33-23-11-7-20(8-12-23)25(31)29-24(18(2)3)26(32)28-22-13-15-30(16-14-22)17-19-5-9-21(27)10-6-19/h5-12,18,22,24H,4,13-17H2,1-3H3,(H,28,32)(H,29,31). The molecule has 1 fully saturated rings. The zero-order chi connectivity index (χ0) is 23.8. The number of likely N-dealkylation sites (tertiary alicyclic amines) is 1. The number of amides is 2. The average molecular weight is 472 g/mol. The molecule has 178 valence electrons. The normalized spacial score (nSPS) is 15.8. The molecule has 33 heavy (non-hydrogen) atoms. The van der Waals surface area contributed by atoms with Crippen molar-refractivity contribution in [3.63, 3.8) is 0 Å². The summed E-state index contributed by atoms with van der Waals surface area (Å²) in [6.07, 6.45) is 1.77. The smallest absolute Gasteiger partial charge is 0.251 e. The van der Waals surface area contributed by atoms with Crippen molar-refractivity contribution in [3.8, 4) is 5.75 Å². The van der Waals surface area contributed by atoms with Crippen LogP contribution in [-0.4, -0.2) is 48.5 Å². The van der Waals surface area contributed by atoms with E-state index in [-0.39, 0.29) is 23.8 Å². The number of benzene rings is 2. The molecule has 0 saturated carbocycles. The Kier molecular flexibility index (Phi) is 9.15. The molecule has 0 aromatic heterocycles. The molecule has 1 saturated heterocycles. The van der Waals surface area contributed by atoms with Crippen molar-refractivity contribution in [1.82, 2.24) is 15.5 Å². The number of carbonyl (C=O) groups excluding carboxylic acids is 2. The molecule has 0 spiro atoms. The van der Waals surface area contributed by atoms with Crippen LogP contribution >= 0.6 is 11.6 Å². The minimum Gasteiger partial charge on any atom is -0.494 e. The molecule has 0 bridgehead atoms. The van der Waals surface area contributed by atoms with Gasteiger partial charge in [-0.05, 0) is 67.6 Å². The van der Waals surface area contributed by atoms with Crippen LogP contribution < -0.4 is 15.4 Å². The Hall–Kier alpha value is -2.57. The van der Waals surface area contributed by atoms with Gasteiger partial charge in [-0.3, -0.25) is 14.5 Å². The Morgan fingerprint density at radius 3 is 2.27 bits per heavy atom. The third-order valence-corrected chi connectivity index (χ3v) is 6.17. The number of ether oxygens (including phenoxy) is 1. The van der Waals surface area contributed by atoms with Gasteiger partial charge in [0.05, 0.1) is 6.61 Å². The molecule has 2 amide bonds. The molecular formula is C26H34ClN3O3. The molecule has 1 unspecified atom stereocenters. The first-order valence-corrected chi connectivity index (χ1v) is 12.0. The Bertz CT molecular complexity index is 907. The van der Waals surface area contributed by atoms with E-state index >= 15 is 0 Å². The average Bonchev–Trinajstić information content (AvgIpc) is 2.80. The highest BCUT2D eigenvalue weighted by atomic mass is 35.5. The molecule has 1 aliphatic heterocycles. The Labute approximate surface area is 201 Å². The van der Waals surface area contributed by atoms with Gasteiger partial charge in [-0.25, -0.2) is 0 Å². The summed E-state index contributed by atoms with van der Waals surface area (Å²) in [6.45, 7) is 9.08. The van der Waals surface area contributed by atoms with Crippen molar-refractivity contribution in [3.05, 3.63) is 64.7 Å². The second-order valence-corrected chi connectivity index (χ2v) is 9.27. The first kappa shape index (κ1) is 25.1. The summed E-state index contributed by atoms with van der Waals surface area (Å²) in [5, 5.41) is 6.81. The maximum absolute atomic E-state index is 13.0. The van der Waals surface area contributed by atoms with E-state index in [1.54, 1.807) is 24.3 Å². The van der Waals surface area contributed by atoms with Crippen molar-refractivity contribution < 1.29 is 14.3 Å². The molecule has 6 nitrogen and oxygen atoms in total. The zero-order valence-electron chi connectivity index (χ0n) is 19.6. The maximum Gasteiger partial charge on any atom is 0.251 e. The minimum absolute atomic E-state index is 0.0263. The van der Waals surface area contributed by atoms with Crippen LogP contribution in [0.15, 0.2) is 48.5 Å². The second kappa shape index (κ2) is 12.1. The van der Waals surface area contributed by atoms with Gasteiger partial charge >= 0.3 is 0 Å². The van der Waals surface area contributed by atoms with Crippen LogP contribution in [0.2, 0.25) is 5.02 Å². The predicted molar refractivity (Wildman–Crippen MR) is 132 cm³/mol. The minimum atomic E-state index is -0.587. The van der Waals surface area contributed by atoms with Crippen LogP contribution in [0, 0.1) is 5.92 Å². The van der Waals surface area contributed by atoms with Gasteiger partial charge in [0, 0.05) is 36.3 Å². The lowest BCUT2D eigenvalue weighted by Gasteiger charge is -2.33. The second-order valence-electron chi connectivity index (χ2n) is 8.84. The molecular weight excluding hydrogens is 438 g/mol. The van der Waals surface area contributed by atoms with Crippen LogP contribution in [0.4, 0.5) is 0 Å². The molecule has 1 aliphatic rings. The molecule has 0 aliphatic carbocycles. The summed E-state index contributed by atoms with van der Waals surface area (Å²) in [6, 6.07) is 14.4. The summed E-state index contributed by atoms with van der Waals surface area (Å²) in [5.41, 5.74) is 1.74. The van der Waals surface area contributed by atoms with Gasteiger partial charge < -0.3 is 15.4 Å². The summed E-state index contributed by atoms with van der Waals surface area (Å²) in [5.74, 6) is 0.307. The van der Waals surface area contributed by atoms with Crippen LogP contribution in [0.5, 0.6) is 5.75 Å². The highest BCUT2D eigenvalue weighted by Crippen LogP contribution is 2.17. The largest absolute Gasteiger partial charge is 0.494 e. The lowest BCUT2D eigenvalue weighted by molar-refractivity contribution is -0.125. The number of carbonyl (C=O) groups is 2. The fourth-order valence-corrected chi connectivity index (χ4v) is 4.13. The fraction of sp³-hybridized carbons (Fsp3) is 0.462. The third kappa shape index (κ3) is 7.47. The van der Waals surface area contributed by atoms with Crippen molar-refractivity contribution in [2.45, 2.75) is 52.2 Å². The van der Waals surface area contributed by atoms with Crippen LogP contribution in [0.3, 0.4) is 0 Å². The van der Waals surface area contributed by atoms with Gasteiger partial charge in [-0.2, -0.15) is 0 Å². The number of nitrogens with one attached hydrogen (secondary N) is 2. The first-order valence-electron chi connectivity index (χ1n) is 11.7. The number of nitrogens with zero attached hydrogens (tertiary/aromatic N) is 1. The highest BCUT2D eigenvalue weighted by molar-refractivity contribution is 6.30. The summed E-state index contributed by atoms with van der Waals surface area (Å²) in [4.78, 5) is 28.1. The summed E-state index contributed by atoms with van der Waals surface area (Å²) in [7, 11) is 0. The molecule has 2 aromatic rings. The topological polar surface area (TPSA) is 70.7 Å². The van der Waals surface area contributed by atoms with E-state index < -0.39 is 6.04 Å². The monoisotopic (exact) mass is 471 g/mol. The van der Waals surface area contributed by atoms with Gasteiger partial charge in [-0.15, -0.1) is 0 Å². The van der Waals surface area contributed by atoms with E-state index in [1.165, 1.54) is 5.56 Å². The van der Waals surface area contributed by atoms with E-state index in [9.17, 15) is 9.59 Å². The number of halogens is 1. The Morgan fingerprint density at radius 1 is 1.06 bits per heavy atom. The van der Waals surface area contributed by atoms with E-state index in [0.29, 0.717) is 12.2 Å². The predicted octanol–water partition coefficient (Wildman–Crippen LogP) is 4.27. The number of hydrogen-bond acceptors (Lipinski definition) is 4. The van der Waals surface area contributed by atoms with Crippen molar-refractivity contribution in [1.29, 1.82) is 0 Å². The lowest BCUT2D eigenvalue weighted by atomic mass is 10.00. The van der Waals surface area contributed by atoms with E-state index in [2.05, 4.69) is 27.7 Å². The highest BCUT2D eigenvalue weighted by Gasteiger charge is 2.28. The SMILES string of the molecule is CCOc1ccc(C(=O)NC(C(=O)NC2CCN(Cc3ccc(Cl)cc3)CC2)C(C)C)cc1. The van der Waals surface area contributed by atoms with Crippen molar-refractivity contribution >= 4 is 23.4 Å². The number of rotatable bonds is 9. The number of piperidine rings is 1.